The number of hydrogen-bond donors (Lipinski definition) is 1. The number of aromatic nitrogens is 1. The molecule has 1 aromatic heterocycles. The fourth-order valence-electron chi connectivity index (χ4n) is 1.36. The Bertz CT molecular complexity index is 420. The normalized spacial score (nSPS) is 11.6. The number of allylic oxidation sites excluding steroid dienone is 6. The molecule has 1 aliphatic rings. The molecule has 20 heavy (non-hydrogen) atoms. The van der Waals surface area contributed by atoms with E-state index in [0.717, 1.165) is 0 Å². The van der Waals surface area contributed by atoms with Gasteiger partial charge in [-0.25, -0.2) is 0 Å². The van der Waals surface area contributed by atoms with E-state index in [4.69, 9.17) is 0 Å². The summed E-state index contributed by atoms with van der Waals surface area (Å²) in [7, 11) is 0. The van der Waals surface area contributed by atoms with E-state index in [2.05, 4.69) is 64.0 Å². The van der Waals surface area contributed by atoms with Crippen molar-refractivity contribution in [3.8, 4) is 0 Å². The molecule has 0 aromatic carbocycles. The smallest absolute Gasteiger partial charge is 1.00 e. The summed E-state index contributed by atoms with van der Waals surface area (Å²) in [6.07, 6.45) is 14.1. The van der Waals surface area contributed by atoms with Crippen LogP contribution in [0.5, 0.6) is 0 Å². The zero-order valence-electron chi connectivity index (χ0n) is 12.6. The third-order valence-electron chi connectivity index (χ3n) is 2.48. The van der Waals surface area contributed by atoms with Crippen LogP contribution < -0.4 is 24.8 Å². The summed E-state index contributed by atoms with van der Waals surface area (Å²) in [5, 5.41) is 0. The maximum Gasteiger partial charge on any atom is 4.00 e. The van der Waals surface area contributed by atoms with Crippen LogP contribution in [0.2, 0.25) is 0 Å². The molecule has 0 bridgehead atoms. The van der Waals surface area contributed by atoms with Crippen LogP contribution in [0.15, 0.2) is 41.6 Å². The largest absolute Gasteiger partial charge is 4.00 e. The Morgan fingerprint density at radius 3 is 1.95 bits per heavy atom. The molecule has 0 fully saturated rings. The Morgan fingerprint density at radius 1 is 1.15 bits per heavy atom. The molecule has 1 heterocycles. The molecule has 108 valence electrons. The van der Waals surface area contributed by atoms with Gasteiger partial charge in [-0.15, -0.1) is 23.4 Å². The summed E-state index contributed by atoms with van der Waals surface area (Å²) in [6.45, 7) is 10.7. The van der Waals surface area contributed by atoms with E-state index in [9.17, 15) is 0 Å². The van der Waals surface area contributed by atoms with Gasteiger partial charge in [0.25, 0.3) is 0 Å². The van der Waals surface area contributed by atoms with Gasteiger partial charge in [-0.05, 0) is 5.41 Å². The molecule has 4 heteroatoms. The van der Waals surface area contributed by atoms with E-state index >= 15 is 0 Å². The quantitative estimate of drug-likeness (QED) is 0.513. The molecule has 1 aromatic rings. The number of rotatable bonds is 0. The average Bonchev–Trinajstić information content (AvgIpc) is 2.92. The van der Waals surface area contributed by atoms with Crippen molar-refractivity contribution in [1.29, 1.82) is 0 Å². The summed E-state index contributed by atoms with van der Waals surface area (Å²) in [4.78, 5) is 2.91. The predicted molar refractivity (Wildman–Crippen MR) is 73.7 cm³/mol. The van der Waals surface area contributed by atoms with Gasteiger partial charge in [-0.1, -0.05) is 34.6 Å². The van der Waals surface area contributed by atoms with E-state index in [-0.39, 0.29) is 56.4 Å². The predicted octanol–water partition coefficient (Wildman–Crippen LogP) is -1.63. The van der Waals surface area contributed by atoms with Crippen molar-refractivity contribution in [2.45, 2.75) is 40.0 Å². The first-order valence-electron chi connectivity index (χ1n) is 5.90. The summed E-state index contributed by atoms with van der Waals surface area (Å²) in [6, 6.07) is 2.06. The first-order chi connectivity index (χ1) is 7.91. The van der Waals surface area contributed by atoms with Gasteiger partial charge in [0.05, 0.1) is 0 Å². The van der Waals surface area contributed by atoms with Gasteiger partial charge in [0.1, 0.15) is 0 Å². The summed E-state index contributed by atoms with van der Waals surface area (Å²) >= 11 is 0. The summed E-state index contributed by atoms with van der Waals surface area (Å²) in [5.74, 6) is 0. The van der Waals surface area contributed by atoms with Crippen LogP contribution in [0, 0.1) is 12.3 Å². The molecule has 0 aliphatic heterocycles. The van der Waals surface area contributed by atoms with Gasteiger partial charge in [-0.2, -0.15) is 36.1 Å². The Hall–Kier alpha value is -0.0369. The van der Waals surface area contributed by atoms with Crippen LogP contribution in [0.3, 0.4) is 0 Å². The standard InChI is InChI=1S/C8H12N.C8H9.2ClH.Zr/c1-8(2,3)7-4-5-9-6-7;1-7(2)8-5-3-4-6-8;;;/h4-5,9H,1-3H3;3-5H,1-2H3;2*1H;/q2*-1;;;+4/p-2. The number of hydrogen-bond acceptors (Lipinski definition) is 0. The van der Waals surface area contributed by atoms with Gasteiger partial charge in [0, 0.05) is 0 Å². The molecule has 1 aliphatic carbocycles. The maximum atomic E-state index is 3.10. The Balaban J connectivity index is -0.000000252. The SMILES string of the molecule is CC(C)(C)c1[c-][nH]cc1.CC(C)=C1[C-]=CC=C1.[Cl-].[Cl-].[Zr+4]. The van der Waals surface area contributed by atoms with Crippen LogP contribution in [0.25, 0.3) is 0 Å². The second-order valence-corrected chi connectivity index (χ2v) is 5.35. The third-order valence-corrected chi connectivity index (χ3v) is 2.48. The second kappa shape index (κ2) is 11.6. The van der Waals surface area contributed by atoms with Gasteiger partial charge < -0.3 is 29.8 Å². The minimum atomic E-state index is 0. The minimum Gasteiger partial charge on any atom is -1.00 e. The van der Waals surface area contributed by atoms with Crippen LogP contribution in [-0.4, -0.2) is 4.98 Å². The van der Waals surface area contributed by atoms with Crippen LogP contribution in [0.1, 0.15) is 40.2 Å². The molecular formula is C16H21Cl2NZr. The van der Waals surface area contributed by atoms with E-state index in [1.165, 1.54) is 16.7 Å². The molecule has 2 rings (SSSR count). The van der Waals surface area contributed by atoms with Gasteiger partial charge in [0.2, 0.25) is 0 Å². The fourth-order valence-corrected chi connectivity index (χ4v) is 1.36. The number of halogens is 2. The number of nitrogens with one attached hydrogen (secondary N) is 1. The zero-order valence-corrected chi connectivity index (χ0v) is 16.6. The average molecular weight is 389 g/mol. The molecule has 0 spiro atoms. The van der Waals surface area contributed by atoms with Gasteiger partial charge in [-0.3, -0.25) is 0 Å². The van der Waals surface area contributed by atoms with Crippen molar-refractivity contribution in [3.05, 3.63) is 59.5 Å². The molecule has 0 atom stereocenters. The summed E-state index contributed by atoms with van der Waals surface area (Å²) in [5.41, 5.74) is 4.03. The Morgan fingerprint density at radius 2 is 1.75 bits per heavy atom. The van der Waals surface area contributed by atoms with E-state index in [1.807, 2.05) is 18.3 Å². The van der Waals surface area contributed by atoms with Crippen LogP contribution in [-0.2, 0) is 31.6 Å². The van der Waals surface area contributed by atoms with E-state index < -0.39 is 0 Å². The topological polar surface area (TPSA) is 15.8 Å². The van der Waals surface area contributed by atoms with Crippen LogP contribution in [0.4, 0.5) is 0 Å². The number of H-pyrrole nitrogens is 1. The number of aromatic amines is 1. The van der Waals surface area contributed by atoms with Gasteiger partial charge in [0.15, 0.2) is 0 Å². The molecule has 1 nitrogen and oxygen atoms in total. The van der Waals surface area contributed by atoms with E-state index in [1.54, 1.807) is 0 Å². The molecular weight excluding hydrogens is 368 g/mol. The first-order valence-corrected chi connectivity index (χ1v) is 5.90. The Labute approximate surface area is 155 Å². The minimum absolute atomic E-state index is 0. The van der Waals surface area contributed by atoms with Crippen molar-refractivity contribution in [2.75, 3.05) is 0 Å². The zero-order chi connectivity index (χ0) is 12.9. The van der Waals surface area contributed by atoms with Crippen molar-refractivity contribution >= 4 is 0 Å². The van der Waals surface area contributed by atoms with Crippen molar-refractivity contribution in [3.63, 3.8) is 0 Å². The molecule has 0 unspecified atom stereocenters. The fraction of sp³-hybridized carbons (Fsp3) is 0.375. The van der Waals surface area contributed by atoms with Crippen molar-refractivity contribution in [1.82, 2.24) is 4.98 Å². The van der Waals surface area contributed by atoms with Gasteiger partial charge >= 0.3 is 26.2 Å². The molecule has 0 amide bonds. The van der Waals surface area contributed by atoms with E-state index in [0.29, 0.717) is 0 Å². The van der Waals surface area contributed by atoms with Crippen molar-refractivity contribution < 1.29 is 51.0 Å². The molecule has 0 radical (unpaired) electrons. The third kappa shape index (κ3) is 9.00. The second-order valence-electron chi connectivity index (χ2n) is 5.35. The maximum absolute atomic E-state index is 3.10. The molecule has 0 saturated heterocycles. The Kier molecular flexibility index (Phi) is 14.5. The van der Waals surface area contributed by atoms with Crippen molar-refractivity contribution in [2.24, 2.45) is 0 Å². The van der Waals surface area contributed by atoms with Crippen LogP contribution >= 0.6 is 0 Å². The molecule has 0 saturated carbocycles. The summed E-state index contributed by atoms with van der Waals surface area (Å²) < 4.78 is 0. The first kappa shape index (κ1) is 24.9. The monoisotopic (exact) mass is 387 g/mol. The molecule has 1 N–H and O–H groups in total.